The van der Waals surface area contributed by atoms with E-state index in [1.54, 1.807) is 6.92 Å². The van der Waals surface area contributed by atoms with Gasteiger partial charge < -0.3 is 5.11 Å². The quantitative estimate of drug-likeness (QED) is 0.696. The molecule has 2 N–H and O–H groups in total. The van der Waals surface area contributed by atoms with E-state index in [1.165, 1.54) is 12.1 Å². The first kappa shape index (κ1) is 10.7. The number of rotatable bonds is 2. The van der Waals surface area contributed by atoms with Crippen molar-refractivity contribution in [3.8, 4) is 11.8 Å². The third kappa shape index (κ3) is 3.12. The number of hydrogen-bond acceptors (Lipinski definition) is 3. The first-order valence-corrected chi connectivity index (χ1v) is 4.06. The van der Waals surface area contributed by atoms with Gasteiger partial charge in [0, 0.05) is 6.20 Å². The summed E-state index contributed by atoms with van der Waals surface area (Å²) in [5.41, 5.74) is 0.0644. The topological polar surface area (TPSA) is 79.3 Å². The number of carbonyl (C=O) groups excluding carboxylic acids is 1. The van der Waals surface area contributed by atoms with Gasteiger partial charge in [-0.2, -0.15) is 0 Å². The van der Waals surface area contributed by atoms with Crippen molar-refractivity contribution in [2.75, 3.05) is 5.32 Å². The summed E-state index contributed by atoms with van der Waals surface area (Å²) in [6.07, 6.45) is 1.16. The zero-order valence-electron chi connectivity index (χ0n) is 7.94. The minimum absolute atomic E-state index is 0.0644. The first-order chi connectivity index (χ1) is 7.13. The Morgan fingerprint density at radius 2 is 2.20 bits per heavy atom. The molecule has 0 radical (unpaired) electrons. The Morgan fingerprint density at radius 1 is 1.47 bits per heavy atom. The fourth-order valence-corrected chi connectivity index (χ4v) is 0.855. The number of aromatic carboxylic acids is 1. The Hall–Kier alpha value is -2.35. The molecule has 1 heterocycles. The van der Waals surface area contributed by atoms with Gasteiger partial charge in [0.05, 0.1) is 5.56 Å². The largest absolute Gasteiger partial charge is 0.478 e. The zero-order valence-corrected chi connectivity index (χ0v) is 7.94. The molecule has 15 heavy (non-hydrogen) atoms. The van der Waals surface area contributed by atoms with E-state index in [-0.39, 0.29) is 11.4 Å². The van der Waals surface area contributed by atoms with E-state index in [9.17, 15) is 9.59 Å². The van der Waals surface area contributed by atoms with Gasteiger partial charge >= 0.3 is 11.9 Å². The molecule has 0 aliphatic rings. The maximum Gasteiger partial charge on any atom is 0.337 e. The Kier molecular flexibility index (Phi) is 3.41. The average Bonchev–Trinajstić information content (AvgIpc) is 2.18. The number of carbonyl (C=O) groups is 2. The maximum atomic E-state index is 11.0. The fraction of sp³-hybridized carbons (Fsp3) is 0.100. The van der Waals surface area contributed by atoms with Gasteiger partial charge in [0.1, 0.15) is 5.82 Å². The zero-order chi connectivity index (χ0) is 11.3. The lowest BCUT2D eigenvalue weighted by Crippen LogP contribution is -2.10. The van der Waals surface area contributed by atoms with Crippen LogP contribution < -0.4 is 5.32 Å². The molecule has 5 heteroatoms. The molecule has 1 aromatic rings. The van der Waals surface area contributed by atoms with Crippen molar-refractivity contribution < 1.29 is 14.7 Å². The number of nitrogens with zero attached hydrogens (tertiary/aromatic N) is 1. The Morgan fingerprint density at radius 3 is 2.67 bits per heavy atom. The predicted molar refractivity (Wildman–Crippen MR) is 53.3 cm³/mol. The van der Waals surface area contributed by atoms with E-state index < -0.39 is 11.9 Å². The van der Waals surface area contributed by atoms with Gasteiger partial charge in [-0.25, -0.2) is 9.78 Å². The van der Waals surface area contributed by atoms with Crippen LogP contribution in [0.2, 0.25) is 0 Å². The number of carboxylic acids is 1. The summed E-state index contributed by atoms with van der Waals surface area (Å²) < 4.78 is 0. The number of aromatic nitrogens is 1. The molecule has 0 saturated heterocycles. The Balaban J connectivity index is 2.75. The van der Waals surface area contributed by atoms with Crippen LogP contribution in [-0.2, 0) is 4.79 Å². The Bertz CT molecular complexity index is 440. The van der Waals surface area contributed by atoms with Crippen molar-refractivity contribution >= 4 is 17.7 Å². The molecule has 0 bridgehead atoms. The highest BCUT2D eigenvalue weighted by atomic mass is 16.4. The van der Waals surface area contributed by atoms with Crippen molar-refractivity contribution in [3.05, 3.63) is 23.9 Å². The molecule has 0 aliphatic heterocycles. The van der Waals surface area contributed by atoms with E-state index in [0.717, 1.165) is 6.20 Å². The predicted octanol–water partition coefficient (Wildman–Crippen LogP) is 0.742. The van der Waals surface area contributed by atoms with Gasteiger partial charge in [-0.3, -0.25) is 10.1 Å². The lowest BCUT2D eigenvalue weighted by Gasteiger charge is -1.99. The second-order valence-electron chi connectivity index (χ2n) is 2.57. The van der Waals surface area contributed by atoms with Gasteiger partial charge in [0.15, 0.2) is 0 Å². The summed E-state index contributed by atoms with van der Waals surface area (Å²) in [7, 11) is 0. The lowest BCUT2D eigenvalue weighted by atomic mass is 10.3. The maximum absolute atomic E-state index is 11.0. The van der Waals surface area contributed by atoms with Crippen LogP contribution >= 0.6 is 0 Å². The van der Waals surface area contributed by atoms with Gasteiger partial charge in [-0.1, -0.05) is 5.92 Å². The monoisotopic (exact) mass is 204 g/mol. The Labute approximate surface area is 86.1 Å². The van der Waals surface area contributed by atoms with Crippen LogP contribution in [0, 0.1) is 11.8 Å². The minimum Gasteiger partial charge on any atom is -0.478 e. The standard InChI is InChI=1S/C10H8N2O3/c1-2-3-9(13)12-8-5-4-7(6-11-8)10(14)15/h4-6H,1H3,(H,14,15)(H,11,12,13). The van der Waals surface area contributed by atoms with Crippen molar-refractivity contribution in [2.45, 2.75) is 6.92 Å². The van der Waals surface area contributed by atoms with Crippen LogP contribution in [0.5, 0.6) is 0 Å². The summed E-state index contributed by atoms with van der Waals surface area (Å²) in [5.74, 6) is 3.44. The SMILES string of the molecule is CC#CC(=O)Nc1ccc(C(=O)O)cn1. The molecule has 0 fully saturated rings. The van der Waals surface area contributed by atoms with Crippen LogP contribution in [0.1, 0.15) is 17.3 Å². The van der Waals surface area contributed by atoms with Crippen LogP contribution in [0.4, 0.5) is 5.82 Å². The molecule has 5 nitrogen and oxygen atoms in total. The third-order valence-corrected chi connectivity index (χ3v) is 1.49. The number of pyridine rings is 1. The second kappa shape index (κ2) is 4.77. The number of nitrogens with one attached hydrogen (secondary N) is 1. The van der Waals surface area contributed by atoms with E-state index >= 15 is 0 Å². The van der Waals surface area contributed by atoms with Crippen molar-refractivity contribution in [2.24, 2.45) is 0 Å². The number of hydrogen-bond donors (Lipinski definition) is 2. The third-order valence-electron chi connectivity index (χ3n) is 1.49. The molecule has 1 amide bonds. The summed E-state index contributed by atoms with van der Waals surface area (Å²) in [6, 6.07) is 2.75. The van der Waals surface area contributed by atoms with Crippen LogP contribution in [0.3, 0.4) is 0 Å². The number of carboxylic acid groups (broad SMARTS) is 1. The molecular weight excluding hydrogens is 196 g/mol. The molecule has 0 aromatic carbocycles. The van der Waals surface area contributed by atoms with Crippen molar-refractivity contribution in [3.63, 3.8) is 0 Å². The molecular formula is C10H8N2O3. The molecule has 0 saturated carbocycles. The highest BCUT2D eigenvalue weighted by molar-refractivity contribution is 6.03. The van der Waals surface area contributed by atoms with Crippen LogP contribution in [-0.4, -0.2) is 22.0 Å². The molecule has 1 rings (SSSR count). The second-order valence-corrected chi connectivity index (χ2v) is 2.57. The van der Waals surface area contributed by atoms with Gasteiger partial charge in [0.2, 0.25) is 0 Å². The summed E-state index contributed by atoms with van der Waals surface area (Å²) in [4.78, 5) is 25.2. The van der Waals surface area contributed by atoms with Crippen molar-refractivity contribution in [1.29, 1.82) is 0 Å². The smallest absolute Gasteiger partial charge is 0.337 e. The van der Waals surface area contributed by atoms with Gasteiger partial charge in [0.25, 0.3) is 0 Å². The summed E-state index contributed by atoms with van der Waals surface area (Å²) >= 11 is 0. The van der Waals surface area contributed by atoms with E-state index in [0.29, 0.717) is 0 Å². The summed E-state index contributed by atoms with van der Waals surface area (Å²) in [5, 5.41) is 11.0. The van der Waals surface area contributed by atoms with E-state index in [4.69, 9.17) is 5.11 Å². The molecule has 0 spiro atoms. The van der Waals surface area contributed by atoms with Crippen LogP contribution in [0.15, 0.2) is 18.3 Å². The summed E-state index contributed by atoms with van der Waals surface area (Å²) in [6.45, 7) is 1.54. The molecule has 1 aromatic heterocycles. The van der Waals surface area contributed by atoms with Gasteiger partial charge in [-0.05, 0) is 25.0 Å². The minimum atomic E-state index is -1.06. The highest BCUT2D eigenvalue weighted by Gasteiger charge is 2.03. The highest BCUT2D eigenvalue weighted by Crippen LogP contribution is 2.04. The molecule has 76 valence electrons. The van der Waals surface area contributed by atoms with Gasteiger partial charge in [-0.15, -0.1) is 0 Å². The van der Waals surface area contributed by atoms with Crippen LogP contribution in [0.25, 0.3) is 0 Å². The normalized spacial score (nSPS) is 8.60. The van der Waals surface area contributed by atoms with E-state index in [1.807, 2.05) is 0 Å². The number of amides is 1. The number of anilines is 1. The van der Waals surface area contributed by atoms with E-state index in [2.05, 4.69) is 22.1 Å². The molecule has 0 aliphatic carbocycles. The lowest BCUT2D eigenvalue weighted by molar-refractivity contribution is -0.111. The molecule has 0 unspecified atom stereocenters. The molecule has 0 atom stereocenters. The fourth-order valence-electron chi connectivity index (χ4n) is 0.855. The van der Waals surface area contributed by atoms with Crippen molar-refractivity contribution in [1.82, 2.24) is 4.98 Å². The first-order valence-electron chi connectivity index (χ1n) is 4.06. The average molecular weight is 204 g/mol.